The summed E-state index contributed by atoms with van der Waals surface area (Å²) in [6.07, 6.45) is 0. The van der Waals surface area contributed by atoms with Gasteiger partial charge in [-0.15, -0.1) is 0 Å². The topological polar surface area (TPSA) is 57.6 Å². The van der Waals surface area contributed by atoms with E-state index in [1.54, 1.807) is 0 Å². The molecule has 0 aromatic heterocycles. The Morgan fingerprint density at radius 2 is 1.62 bits per heavy atom. The third kappa shape index (κ3) is 5.58. The minimum absolute atomic E-state index is 0. The van der Waals surface area contributed by atoms with Crippen molar-refractivity contribution in [1.29, 1.82) is 0 Å². The molecule has 0 fully saturated rings. The van der Waals surface area contributed by atoms with Crippen LogP contribution in [0.25, 0.3) is 0 Å². The molecule has 1 N–H and O–H groups in total. The third-order valence-electron chi connectivity index (χ3n) is 0.174. The number of rotatable bonds is 1. The molecular weight excluding hydrogens is 188 g/mol. The largest absolute Gasteiger partial charge is 1.00 e. The number of hydrogen-bond acceptors (Lipinski definition) is 2. The van der Waals surface area contributed by atoms with Gasteiger partial charge in [0.05, 0.1) is 0 Å². The van der Waals surface area contributed by atoms with Crippen LogP contribution >= 0.6 is 23.6 Å². The van der Waals surface area contributed by atoms with E-state index in [0.29, 0.717) is 0 Å². The first-order valence-corrected chi connectivity index (χ1v) is 3.11. The van der Waals surface area contributed by atoms with Crippen molar-refractivity contribution in [3.8, 4) is 0 Å². The Morgan fingerprint density at radius 1 is 1.50 bits per heavy atom. The van der Waals surface area contributed by atoms with Crippen LogP contribution in [-0.2, 0) is 10.3 Å². The second kappa shape index (κ2) is 4.29. The molecule has 8 heteroatoms. The molecule has 4 nitrogen and oxygen atoms in total. The average Bonchev–Trinajstić information content (AvgIpc) is 1.31. The minimum atomic E-state index is -4.38. The van der Waals surface area contributed by atoms with Crippen molar-refractivity contribution in [3.63, 3.8) is 0 Å². The number of hydrogen-bond donors (Lipinski definition) is 1. The maximum Gasteiger partial charge on any atom is 1.00 e. The maximum absolute atomic E-state index is 9.55. The monoisotopic (exact) mass is 189 g/mol. The van der Waals surface area contributed by atoms with Crippen molar-refractivity contribution in [1.82, 2.24) is 3.34 Å². The standard InChI is InChI=1S/Cl2HNO3S.Na.H/c1-3(2)7(4,5)6;;/h(H,4,5,6);;/q;+1;-1. The molecule has 0 amide bonds. The van der Waals surface area contributed by atoms with Gasteiger partial charge in [-0.3, -0.25) is 4.55 Å². The summed E-state index contributed by atoms with van der Waals surface area (Å²) in [5.41, 5.74) is 0. The van der Waals surface area contributed by atoms with Gasteiger partial charge in [0.25, 0.3) is 0 Å². The van der Waals surface area contributed by atoms with Crippen molar-refractivity contribution < 1.29 is 44.0 Å². The fraction of sp³-hybridized carbons (Fsp3) is 0. The Kier molecular flexibility index (Phi) is 6.53. The van der Waals surface area contributed by atoms with Gasteiger partial charge in [-0.25, -0.2) is 0 Å². The zero-order valence-electron chi connectivity index (χ0n) is 4.88. The number of halogens is 2. The molecule has 0 rings (SSSR count). The summed E-state index contributed by atoms with van der Waals surface area (Å²) < 4.78 is 26.5. The molecule has 0 heterocycles. The van der Waals surface area contributed by atoms with E-state index in [9.17, 15) is 8.42 Å². The molecule has 0 saturated heterocycles. The summed E-state index contributed by atoms with van der Waals surface area (Å²) in [4.78, 5) is 0. The van der Waals surface area contributed by atoms with Gasteiger partial charge < -0.3 is 1.43 Å². The Hall–Kier alpha value is 1.45. The first-order valence-electron chi connectivity index (χ1n) is 1.04. The molecule has 0 bridgehead atoms. The summed E-state index contributed by atoms with van der Waals surface area (Å²) in [5.74, 6) is 0. The Morgan fingerprint density at radius 3 is 1.62 bits per heavy atom. The Bertz CT molecular complexity index is 144. The molecule has 0 aliphatic carbocycles. The van der Waals surface area contributed by atoms with Crippen molar-refractivity contribution >= 4 is 33.9 Å². The van der Waals surface area contributed by atoms with Crippen LogP contribution in [0.4, 0.5) is 0 Å². The zero-order valence-corrected chi connectivity index (χ0v) is 8.20. The van der Waals surface area contributed by atoms with Crippen molar-refractivity contribution in [2.24, 2.45) is 0 Å². The Balaban J connectivity index is -0.000000180. The van der Waals surface area contributed by atoms with E-state index >= 15 is 0 Å². The summed E-state index contributed by atoms with van der Waals surface area (Å²) in [7, 11) is -4.38. The van der Waals surface area contributed by atoms with E-state index in [-0.39, 0.29) is 34.3 Å². The SMILES string of the molecule is O=S(=O)(O)N(Cl)Cl.[H-].[Na+]. The Labute approximate surface area is 80.6 Å². The number of nitrogens with zero attached hydrogens (tertiary/aromatic N) is 1. The average molecular weight is 190 g/mol. The van der Waals surface area contributed by atoms with Crippen LogP contribution in [0.2, 0.25) is 0 Å². The molecule has 0 radical (unpaired) electrons. The van der Waals surface area contributed by atoms with Gasteiger partial charge >= 0.3 is 39.9 Å². The smallest absolute Gasteiger partial charge is 1.00 e. The van der Waals surface area contributed by atoms with Gasteiger partial charge in [-0.1, -0.05) is 0 Å². The molecule has 0 spiro atoms. The molecule has 46 valence electrons. The van der Waals surface area contributed by atoms with Crippen LogP contribution in [-0.4, -0.2) is 16.3 Å². The van der Waals surface area contributed by atoms with E-state index in [2.05, 4.69) is 23.6 Å². The maximum atomic E-state index is 9.55. The van der Waals surface area contributed by atoms with Crippen LogP contribution in [0.3, 0.4) is 0 Å². The minimum Gasteiger partial charge on any atom is -1.00 e. The van der Waals surface area contributed by atoms with Gasteiger partial charge in [0.15, 0.2) is 0 Å². The van der Waals surface area contributed by atoms with Crippen molar-refractivity contribution in [2.75, 3.05) is 0 Å². The second-order valence-electron chi connectivity index (χ2n) is 0.650. The molecule has 0 saturated carbocycles. The predicted molar refractivity (Wildman–Crippen MR) is 26.2 cm³/mol. The molecular formula is H2Cl2NNaO3S. The van der Waals surface area contributed by atoms with Crippen LogP contribution in [0.1, 0.15) is 1.43 Å². The van der Waals surface area contributed by atoms with E-state index in [4.69, 9.17) is 4.55 Å². The summed E-state index contributed by atoms with van der Waals surface area (Å²) in [5, 5.41) is 0. The molecule has 0 unspecified atom stereocenters. The fourth-order valence-corrected chi connectivity index (χ4v) is 0. The first-order chi connectivity index (χ1) is 2.94. The third-order valence-corrected chi connectivity index (χ3v) is 1.57. The summed E-state index contributed by atoms with van der Waals surface area (Å²) in [6.45, 7) is 0. The van der Waals surface area contributed by atoms with E-state index in [1.807, 2.05) is 0 Å². The normalized spacial score (nSPS) is 11.0. The molecule has 0 aromatic rings. The van der Waals surface area contributed by atoms with E-state index in [0.717, 1.165) is 0 Å². The van der Waals surface area contributed by atoms with Crippen molar-refractivity contribution in [3.05, 3.63) is 0 Å². The molecule has 0 aromatic carbocycles. The van der Waals surface area contributed by atoms with Crippen LogP contribution in [0, 0.1) is 0 Å². The summed E-state index contributed by atoms with van der Waals surface area (Å²) >= 11 is 9.03. The quantitative estimate of drug-likeness (QED) is 0.283. The van der Waals surface area contributed by atoms with Crippen LogP contribution in [0.5, 0.6) is 0 Å². The van der Waals surface area contributed by atoms with E-state index in [1.165, 1.54) is 0 Å². The molecule has 8 heavy (non-hydrogen) atoms. The van der Waals surface area contributed by atoms with Gasteiger partial charge in [-0.05, 0) is 0 Å². The van der Waals surface area contributed by atoms with Gasteiger partial charge in [0, 0.05) is 26.9 Å². The van der Waals surface area contributed by atoms with Gasteiger partial charge in [-0.2, -0.15) is 8.42 Å². The fourth-order valence-electron chi connectivity index (χ4n) is 0. The van der Waals surface area contributed by atoms with E-state index < -0.39 is 10.3 Å². The molecule has 0 atom stereocenters. The first kappa shape index (κ1) is 12.2. The zero-order chi connectivity index (χ0) is 6.08. The van der Waals surface area contributed by atoms with Crippen LogP contribution < -0.4 is 29.6 Å². The predicted octanol–water partition coefficient (Wildman–Crippen LogP) is -2.48. The molecule has 0 aliphatic rings. The van der Waals surface area contributed by atoms with Gasteiger partial charge in [0.2, 0.25) is 0 Å². The van der Waals surface area contributed by atoms with Gasteiger partial charge in [0.1, 0.15) is 0 Å². The van der Waals surface area contributed by atoms with Crippen molar-refractivity contribution in [2.45, 2.75) is 0 Å². The molecule has 0 aliphatic heterocycles. The van der Waals surface area contributed by atoms with Crippen LogP contribution in [0.15, 0.2) is 0 Å². The summed E-state index contributed by atoms with van der Waals surface area (Å²) in [6, 6.07) is 0. The second-order valence-corrected chi connectivity index (χ2v) is 3.16.